The number of carbonyl (C=O) groups is 1. The van der Waals surface area contributed by atoms with E-state index in [1.54, 1.807) is 0 Å². The van der Waals surface area contributed by atoms with E-state index in [2.05, 4.69) is 0 Å². The van der Waals surface area contributed by atoms with Crippen LogP contribution in [0.25, 0.3) is 0 Å². The van der Waals surface area contributed by atoms with Crippen LogP contribution in [0.3, 0.4) is 0 Å². The second-order valence-corrected chi connectivity index (χ2v) is 3.03. The summed E-state index contributed by atoms with van der Waals surface area (Å²) in [7, 11) is 0. The third kappa shape index (κ3) is 3.16. The van der Waals surface area contributed by atoms with Crippen LogP contribution >= 0.6 is 0 Å². The van der Waals surface area contributed by atoms with E-state index in [1.165, 1.54) is 6.07 Å². The molecule has 0 aliphatic carbocycles. The summed E-state index contributed by atoms with van der Waals surface area (Å²) in [6, 6.07) is 2.76. The summed E-state index contributed by atoms with van der Waals surface area (Å²) in [6.45, 7) is 0. The lowest BCUT2D eigenvalue weighted by Gasteiger charge is -2.09. The fourth-order valence-electron chi connectivity index (χ4n) is 1.16. The molecule has 0 unspecified atom stereocenters. The topological polar surface area (TPSA) is 63.3 Å². The summed E-state index contributed by atoms with van der Waals surface area (Å²) in [5.41, 5.74) is 4.25. The number of nitrogen functional groups attached to an aromatic ring is 1. The Balaban J connectivity index is 3.11. The number of alkyl halides is 3. The van der Waals surface area contributed by atoms with Gasteiger partial charge in [0.05, 0.1) is 12.0 Å². The van der Waals surface area contributed by atoms with Gasteiger partial charge in [0.1, 0.15) is 0 Å². The van der Waals surface area contributed by atoms with Crippen LogP contribution in [-0.4, -0.2) is 11.1 Å². The molecule has 1 rings (SSSR count). The smallest absolute Gasteiger partial charge is 0.416 e. The zero-order chi connectivity index (χ0) is 11.6. The van der Waals surface area contributed by atoms with Crippen LogP contribution in [0, 0.1) is 0 Å². The third-order valence-electron chi connectivity index (χ3n) is 1.70. The first kappa shape index (κ1) is 11.4. The zero-order valence-electron chi connectivity index (χ0n) is 7.51. The molecule has 3 nitrogen and oxygen atoms in total. The Morgan fingerprint density at radius 3 is 2.40 bits per heavy atom. The number of hydrogen-bond donors (Lipinski definition) is 2. The lowest BCUT2D eigenvalue weighted by Crippen LogP contribution is -2.08. The van der Waals surface area contributed by atoms with E-state index in [1.807, 2.05) is 0 Å². The SMILES string of the molecule is Nc1cc(CC(=O)O)cc(C(F)(F)F)c1. The number of anilines is 1. The second kappa shape index (κ2) is 3.80. The van der Waals surface area contributed by atoms with E-state index < -0.39 is 24.1 Å². The van der Waals surface area contributed by atoms with Crippen molar-refractivity contribution in [2.24, 2.45) is 0 Å². The van der Waals surface area contributed by atoms with E-state index in [0.717, 1.165) is 12.1 Å². The van der Waals surface area contributed by atoms with E-state index in [-0.39, 0.29) is 11.3 Å². The number of nitrogens with two attached hydrogens (primary N) is 1. The Morgan fingerprint density at radius 1 is 1.33 bits per heavy atom. The minimum atomic E-state index is -4.51. The molecule has 0 saturated carbocycles. The maximum Gasteiger partial charge on any atom is 0.416 e. The van der Waals surface area contributed by atoms with Gasteiger partial charge >= 0.3 is 12.1 Å². The Labute approximate surface area is 83.3 Å². The molecule has 1 aromatic rings. The third-order valence-corrected chi connectivity index (χ3v) is 1.70. The molecule has 0 aliphatic rings. The number of rotatable bonds is 2. The molecule has 0 heterocycles. The molecule has 0 aromatic heterocycles. The largest absolute Gasteiger partial charge is 0.481 e. The summed E-state index contributed by atoms with van der Waals surface area (Å²) < 4.78 is 36.8. The van der Waals surface area contributed by atoms with Gasteiger partial charge in [-0.25, -0.2) is 0 Å². The van der Waals surface area contributed by atoms with Crippen LogP contribution in [0.5, 0.6) is 0 Å². The Hall–Kier alpha value is -1.72. The summed E-state index contributed by atoms with van der Waals surface area (Å²) in [4.78, 5) is 10.3. The van der Waals surface area contributed by atoms with Crippen LogP contribution in [-0.2, 0) is 17.4 Å². The Morgan fingerprint density at radius 2 is 1.93 bits per heavy atom. The van der Waals surface area contributed by atoms with E-state index in [0.29, 0.717) is 0 Å². The van der Waals surface area contributed by atoms with E-state index in [4.69, 9.17) is 10.8 Å². The van der Waals surface area contributed by atoms with Gasteiger partial charge in [-0.3, -0.25) is 4.79 Å². The molecule has 3 N–H and O–H groups in total. The molecule has 6 heteroatoms. The van der Waals surface area contributed by atoms with Gasteiger partial charge in [-0.05, 0) is 23.8 Å². The monoisotopic (exact) mass is 219 g/mol. The normalized spacial score (nSPS) is 11.4. The van der Waals surface area contributed by atoms with Gasteiger partial charge in [0.25, 0.3) is 0 Å². The van der Waals surface area contributed by atoms with Crippen molar-refractivity contribution in [3.05, 3.63) is 29.3 Å². The molecule has 0 aliphatic heterocycles. The molecule has 0 fully saturated rings. The highest BCUT2D eigenvalue weighted by molar-refractivity contribution is 5.71. The molecule has 82 valence electrons. The van der Waals surface area contributed by atoms with E-state index >= 15 is 0 Å². The maximum absolute atomic E-state index is 12.3. The number of aliphatic carboxylic acids is 1. The highest BCUT2D eigenvalue weighted by Crippen LogP contribution is 2.31. The standard InChI is InChI=1S/C9H8F3NO2/c10-9(11,12)6-1-5(3-8(14)15)2-7(13)4-6/h1-2,4H,3,13H2,(H,14,15). The van der Waals surface area contributed by atoms with Crippen molar-refractivity contribution in [3.63, 3.8) is 0 Å². The minimum Gasteiger partial charge on any atom is -0.481 e. The van der Waals surface area contributed by atoms with Gasteiger partial charge in [0, 0.05) is 5.69 Å². The molecular formula is C9H8F3NO2. The summed E-state index contributed by atoms with van der Waals surface area (Å²) in [5.74, 6) is -1.20. The molecule has 0 amide bonds. The average Bonchev–Trinajstić information content (AvgIpc) is 1.99. The number of carboxylic acid groups (broad SMARTS) is 1. The molecule has 0 saturated heterocycles. The molecular weight excluding hydrogens is 211 g/mol. The van der Waals surface area contributed by atoms with Gasteiger partial charge in [-0.15, -0.1) is 0 Å². The van der Waals surface area contributed by atoms with Crippen molar-refractivity contribution in [1.82, 2.24) is 0 Å². The minimum absolute atomic E-state index is 0.0369. The molecule has 0 radical (unpaired) electrons. The molecule has 0 spiro atoms. The van der Waals surface area contributed by atoms with Crippen molar-refractivity contribution in [3.8, 4) is 0 Å². The maximum atomic E-state index is 12.3. The number of carboxylic acids is 1. The predicted molar refractivity (Wildman–Crippen MR) is 47.2 cm³/mol. The van der Waals surface area contributed by atoms with Gasteiger partial charge in [-0.1, -0.05) is 0 Å². The second-order valence-electron chi connectivity index (χ2n) is 3.03. The van der Waals surface area contributed by atoms with Gasteiger partial charge in [0.15, 0.2) is 0 Å². The predicted octanol–water partition coefficient (Wildman–Crippen LogP) is 1.91. The van der Waals surface area contributed by atoms with Gasteiger partial charge < -0.3 is 10.8 Å². The van der Waals surface area contributed by atoms with Crippen LogP contribution in [0.4, 0.5) is 18.9 Å². The number of halogens is 3. The average molecular weight is 219 g/mol. The summed E-state index contributed by atoms with van der Waals surface area (Å²) in [6.07, 6.45) is -4.99. The van der Waals surface area contributed by atoms with Gasteiger partial charge in [0.2, 0.25) is 0 Å². The molecule has 0 atom stereocenters. The lowest BCUT2D eigenvalue weighted by molar-refractivity contribution is -0.138. The number of hydrogen-bond acceptors (Lipinski definition) is 2. The molecule has 15 heavy (non-hydrogen) atoms. The Bertz CT molecular complexity index is 387. The number of benzene rings is 1. The summed E-state index contributed by atoms with van der Waals surface area (Å²) in [5, 5.41) is 8.43. The molecule has 1 aromatic carbocycles. The van der Waals surface area contributed by atoms with Crippen LogP contribution < -0.4 is 5.73 Å². The van der Waals surface area contributed by atoms with Crippen LogP contribution in [0.1, 0.15) is 11.1 Å². The first-order valence-corrected chi connectivity index (χ1v) is 3.97. The van der Waals surface area contributed by atoms with Crippen molar-refractivity contribution in [1.29, 1.82) is 0 Å². The van der Waals surface area contributed by atoms with Crippen molar-refractivity contribution in [2.45, 2.75) is 12.6 Å². The first-order valence-electron chi connectivity index (χ1n) is 3.97. The Kier molecular flexibility index (Phi) is 2.88. The van der Waals surface area contributed by atoms with Crippen molar-refractivity contribution < 1.29 is 23.1 Å². The van der Waals surface area contributed by atoms with Crippen LogP contribution in [0.15, 0.2) is 18.2 Å². The highest BCUT2D eigenvalue weighted by Gasteiger charge is 2.31. The van der Waals surface area contributed by atoms with E-state index in [9.17, 15) is 18.0 Å². The van der Waals surface area contributed by atoms with Gasteiger partial charge in [-0.2, -0.15) is 13.2 Å². The van der Waals surface area contributed by atoms with Crippen LogP contribution in [0.2, 0.25) is 0 Å². The van der Waals surface area contributed by atoms with Crippen molar-refractivity contribution >= 4 is 11.7 Å². The molecule has 0 bridgehead atoms. The van der Waals surface area contributed by atoms with Crippen molar-refractivity contribution in [2.75, 3.05) is 5.73 Å². The fourth-order valence-corrected chi connectivity index (χ4v) is 1.16. The first-order chi connectivity index (χ1) is 6.79. The fraction of sp³-hybridized carbons (Fsp3) is 0.222. The lowest BCUT2D eigenvalue weighted by atomic mass is 10.1. The summed E-state index contributed by atoms with van der Waals surface area (Å²) >= 11 is 0. The quantitative estimate of drug-likeness (QED) is 0.747. The highest BCUT2D eigenvalue weighted by atomic mass is 19.4. The zero-order valence-corrected chi connectivity index (χ0v) is 7.51.